The molecule has 0 aliphatic rings. The van der Waals surface area contributed by atoms with Gasteiger partial charge in [-0.2, -0.15) is 0 Å². The van der Waals surface area contributed by atoms with E-state index in [4.69, 9.17) is 14.6 Å². The SMILES string of the molecule is COc1cc(C(=O)N(CCCc2ccc(C)cc2)Cc2ccc(CC(=O)O)cc2)cc(OC)c1C. The normalized spacial score (nSPS) is 10.6. The summed E-state index contributed by atoms with van der Waals surface area (Å²) in [5.41, 5.74) is 5.47. The van der Waals surface area contributed by atoms with Crippen LogP contribution in [0.5, 0.6) is 11.5 Å². The number of nitrogens with zero attached hydrogens (tertiary/aromatic N) is 1. The van der Waals surface area contributed by atoms with E-state index in [0.717, 1.165) is 29.5 Å². The highest BCUT2D eigenvalue weighted by Gasteiger charge is 2.20. The van der Waals surface area contributed by atoms with Gasteiger partial charge in [0.05, 0.1) is 20.6 Å². The van der Waals surface area contributed by atoms with E-state index >= 15 is 0 Å². The van der Waals surface area contributed by atoms with Crippen molar-refractivity contribution in [1.82, 2.24) is 4.90 Å². The highest BCUT2D eigenvalue weighted by molar-refractivity contribution is 5.95. The second-order valence-corrected chi connectivity index (χ2v) is 8.71. The van der Waals surface area contributed by atoms with Gasteiger partial charge < -0.3 is 19.5 Å². The van der Waals surface area contributed by atoms with Gasteiger partial charge in [0.1, 0.15) is 11.5 Å². The minimum Gasteiger partial charge on any atom is -0.496 e. The predicted octanol–water partition coefficient (Wildman–Crippen LogP) is 5.22. The van der Waals surface area contributed by atoms with Crippen molar-refractivity contribution in [3.63, 3.8) is 0 Å². The van der Waals surface area contributed by atoms with Gasteiger partial charge in [-0.05, 0) is 55.5 Å². The Hall–Kier alpha value is -3.80. The van der Waals surface area contributed by atoms with Crippen LogP contribution in [0.15, 0.2) is 60.7 Å². The largest absolute Gasteiger partial charge is 0.496 e. The lowest BCUT2D eigenvalue weighted by Crippen LogP contribution is -2.32. The van der Waals surface area contributed by atoms with Gasteiger partial charge in [-0.3, -0.25) is 9.59 Å². The Labute approximate surface area is 207 Å². The minimum absolute atomic E-state index is 0.0254. The lowest BCUT2D eigenvalue weighted by molar-refractivity contribution is -0.136. The van der Waals surface area contributed by atoms with E-state index in [-0.39, 0.29) is 12.3 Å². The van der Waals surface area contributed by atoms with Crippen molar-refractivity contribution >= 4 is 11.9 Å². The van der Waals surface area contributed by atoms with Gasteiger partial charge in [-0.1, -0.05) is 54.1 Å². The van der Waals surface area contributed by atoms with Crippen molar-refractivity contribution in [3.8, 4) is 11.5 Å². The number of ether oxygens (including phenoxy) is 2. The average Bonchev–Trinajstić information content (AvgIpc) is 2.85. The van der Waals surface area contributed by atoms with E-state index in [1.807, 2.05) is 24.0 Å². The van der Waals surface area contributed by atoms with E-state index in [2.05, 4.69) is 31.2 Å². The molecular formula is C29H33NO5. The molecule has 0 radical (unpaired) electrons. The number of carboxylic acid groups (broad SMARTS) is 1. The summed E-state index contributed by atoms with van der Waals surface area (Å²) in [5.74, 6) is 0.226. The molecule has 0 bridgehead atoms. The molecule has 0 fully saturated rings. The first kappa shape index (κ1) is 25.8. The maximum Gasteiger partial charge on any atom is 0.307 e. The summed E-state index contributed by atoms with van der Waals surface area (Å²) in [5, 5.41) is 9.02. The van der Waals surface area contributed by atoms with Crippen LogP contribution in [0.2, 0.25) is 0 Å². The number of aryl methyl sites for hydroxylation is 2. The van der Waals surface area contributed by atoms with Gasteiger partial charge in [0.15, 0.2) is 0 Å². The summed E-state index contributed by atoms with van der Waals surface area (Å²) in [4.78, 5) is 26.4. The van der Waals surface area contributed by atoms with E-state index in [1.54, 1.807) is 38.5 Å². The monoisotopic (exact) mass is 475 g/mol. The van der Waals surface area contributed by atoms with E-state index in [0.29, 0.717) is 30.2 Å². The molecule has 6 heteroatoms. The van der Waals surface area contributed by atoms with Gasteiger partial charge >= 0.3 is 5.97 Å². The molecule has 3 rings (SSSR count). The highest BCUT2D eigenvalue weighted by Crippen LogP contribution is 2.30. The van der Waals surface area contributed by atoms with Crippen LogP contribution >= 0.6 is 0 Å². The van der Waals surface area contributed by atoms with E-state index < -0.39 is 5.97 Å². The quantitative estimate of drug-likeness (QED) is 0.411. The molecule has 3 aromatic rings. The summed E-state index contributed by atoms with van der Waals surface area (Å²) in [7, 11) is 3.15. The molecule has 184 valence electrons. The van der Waals surface area contributed by atoms with Crippen molar-refractivity contribution in [2.45, 2.75) is 39.7 Å². The van der Waals surface area contributed by atoms with Crippen LogP contribution < -0.4 is 9.47 Å². The summed E-state index contributed by atoms with van der Waals surface area (Å²) < 4.78 is 10.9. The molecule has 0 aromatic heterocycles. The van der Waals surface area contributed by atoms with Crippen molar-refractivity contribution in [2.24, 2.45) is 0 Å². The zero-order valence-corrected chi connectivity index (χ0v) is 20.8. The van der Waals surface area contributed by atoms with Crippen molar-refractivity contribution in [1.29, 1.82) is 0 Å². The Balaban J connectivity index is 1.82. The van der Waals surface area contributed by atoms with Crippen molar-refractivity contribution < 1.29 is 24.2 Å². The molecule has 0 spiro atoms. The van der Waals surface area contributed by atoms with Crippen LogP contribution in [0.4, 0.5) is 0 Å². The van der Waals surface area contributed by atoms with Crippen molar-refractivity contribution in [3.05, 3.63) is 94.0 Å². The first-order valence-corrected chi connectivity index (χ1v) is 11.7. The Morgan fingerprint density at radius 3 is 1.91 bits per heavy atom. The predicted molar refractivity (Wildman–Crippen MR) is 136 cm³/mol. The van der Waals surface area contributed by atoms with E-state index in [1.165, 1.54) is 11.1 Å². The fraction of sp³-hybridized carbons (Fsp3) is 0.310. The number of hydrogen-bond donors (Lipinski definition) is 1. The molecule has 0 saturated heterocycles. The Bertz CT molecular complexity index is 1130. The van der Waals surface area contributed by atoms with Crippen molar-refractivity contribution in [2.75, 3.05) is 20.8 Å². The topological polar surface area (TPSA) is 76.1 Å². The maximum atomic E-state index is 13.6. The van der Waals surface area contributed by atoms with Crippen LogP contribution in [0.3, 0.4) is 0 Å². The van der Waals surface area contributed by atoms with Crippen LogP contribution in [0.25, 0.3) is 0 Å². The number of carbonyl (C=O) groups excluding carboxylic acids is 1. The fourth-order valence-electron chi connectivity index (χ4n) is 4.03. The molecule has 3 aromatic carbocycles. The molecule has 0 unspecified atom stereocenters. The molecule has 1 amide bonds. The van der Waals surface area contributed by atoms with Crippen LogP contribution in [0.1, 0.15) is 44.6 Å². The van der Waals surface area contributed by atoms with Gasteiger partial charge in [0.25, 0.3) is 5.91 Å². The summed E-state index contributed by atoms with van der Waals surface area (Å²) in [6.07, 6.45) is 1.65. The lowest BCUT2D eigenvalue weighted by atomic mass is 10.1. The second kappa shape index (κ2) is 12.1. The molecule has 35 heavy (non-hydrogen) atoms. The summed E-state index contributed by atoms with van der Waals surface area (Å²) in [6, 6.07) is 19.3. The summed E-state index contributed by atoms with van der Waals surface area (Å²) in [6.45, 7) is 4.95. The third-order valence-corrected chi connectivity index (χ3v) is 6.05. The Morgan fingerprint density at radius 2 is 1.37 bits per heavy atom. The Morgan fingerprint density at radius 1 is 0.829 bits per heavy atom. The standard InChI is InChI=1S/C29H33NO5/c1-20-7-9-22(10-8-20)6-5-15-30(19-24-13-11-23(12-14-24)16-28(31)32)29(33)25-17-26(34-3)21(2)27(18-25)35-4/h7-14,17-18H,5-6,15-16,19H2,1-4H3,(H,31,32). The molecule has 0 aliphatic carbocycles. The molecule has 1 N–H and O–H groups in total. The third kappa shape index (κ3) is 7.09. The molecule has 6 nitrogen and oxygen atoms in total. The zero-order chi connectivity index (χ0) is 25.4. The van der Waals surface area contributed by atoms with Gasteiger partial charge in [-0.15, -0.1) is 0 Å². The molecule has 0 heterocycles. The molecular weight excluding hydrogens is 442 g/mol. The molecule has 0 saturated carbocycles. The van der Waals surface area contributed by atoms with E-state index in [9.17, 15) is 9.59 Å². The first-order valence-electron chi connectivity index (χ1n) is 11.7. The molecule has 0 aliphatic heterocycles. The van der Waals surface area contributed by atoms with Crippen LogP contribution in [-0.4, -0.2) is 42.6 Å². The number of methoxy groups -OCH3 is 2. The fourth-order valence-corrected chi connectivity index (χ4v) is 4.03. The lowest BCUT2D eigenvalue weighted by Gasteiger charge is -2.24. The molecule has 0 atom stereocenters. The van der Waals surface area contributed by atoms with Gasteiger partial charge in [0.2, 0.25) is 0 Å². The average molecular weight is 476 g/mol. The zero-order valence-electron chi connectivity index (χ0n) is 20.8. The number of hydrogen-bond acceptors (Lipinski definition) is 4. The second-order valence-electron chi connectivity index (χ2n) is 8.71. The van der Waals surface area contributed by atoms with Crippen LogP contribution in [-0.2, 0) is 24.2 Å². The first-order chi connectivity index (χ1) is 16.8. The minimum atomic E-state index is -0.868. The summed E-state index contributed by atoms with van der Waals surface area (Å²) >= 11 is 0. The number of carboxylic acids is 1. The Kier molecular flexibility index (Phi) is 8.90. The van der Waals surface area contributed by atoms with Crippen LogP contribution in [0, 0.1) is 13.8 Å². The number of amides is 1. The maximum absolute atomic E-state index is 13.6. The third-order valence-electron chi connectivity index (χ3n) is 6.05. The highest BCUT2D eigenvalue weighted by atomic mass is 16.5. The van der Waals surface area contributed by atoms with Gasteiger partial charge in [0, 0.05) is 24.2 Å². The number of aliphatic carboxylic acids is 1. The number of rotatable bonds is 11. The van der Waals surface area contributed by atoms with Gasteiger partial charge in [-0.25, -0.2) is 0 Å². The number of carbonyl (C=O) groups is 2. The smallest absolute Gasteiger partial charge is 0.307 e. The number of benzene rings is 3.